The Labute approximate surface area is 174 Å². The molecule has 0 aliphatic heterocycles. The lowest BCUT2D eigenvalue weighted by molar-refractivity contribution is -0.253. The summed E-state index contributed by atoms with van der Waals surface area (Å²) in [5.41, 5.74) is -0.860. The van der Waals surface area contributed by atoms with E-state index < -0.39 is 35.6 Å². The lowest BCUT2D eigenvalue weighted by Crippen LogP contribution is -2.34. The quantitative estimate of drug-likeness (QED) is 0.588. The van der Waals surface area contributed by atoms with Crippen LogP contribution in [-0.2, 0) is 0 Å². The van der Waals surface area contributed by atoms with Gasteiger partial charge in [-0.25, -0.2) is 0 Å². The molecular weight excluding hydrogens is 426 g/mol. The number of nitrogens with one attached hydrogen (secondary N) is 2. The molecule has 2 rings (SSSR count). The van der Waals surface area contributed by atoms with Gasteiger partial charge in [0.2, 0.25) is 0 Å². The summed E-state index contributed by atoms with van der Waals surface area (Å²) in [6.45, 7) is 4.75. The third-order valence-corrected chi connectivity index (χ3v) is 4.32. The fourth-order valence-electron chi connectivity index (χ4n) is 2.98. The van der Waals surface area contributed by atoms with E-state index in [1.165, 1.54) is 25.1 Å². The molecule has 0 aliphatic rings. The maximum Gasteiger partial charge on any atom is 0.404 e. The summed E-state index contributed by atoms with van der Waals surface area (Å²) < 4.78 is 77.7. The van der Waals surface area contributed by atoms with Gasteiger partial charge in [-0.1, -0.05) is 24.3 Å². The lowest BCUT2D eigenvalue weighted by atomic mass is 9.95. The van der Waals surface area contributed by atoms with Crippen LogP contribution in [0.3, 0.4) is 0 Å². The molecule has 0 spiro atoms. The van der Waals surface area contributed by atoms with Crippen LogP contribution in [0.5, 0.6) is 0 Å². The zero-order chi connectivity index (χ0) is 23.6. The Balaban J connectivity index is 2.33. The Kier molecular flexibility index (Phi) is 7.03. The molecule has 4 nitrogen and oxygen atoms in total. The van der Waals surface area contributed by atoms with Gasteiger partial charge in [-0.2, -0.15) is 26.3 Å². The summed E-state index contributed by atoms with van der Waals surface area (Å²) in [6.07, 6.45) is -11.0. The van der Waals surface area contributed by atoms with Crippen LogP contribution in [0.1, 0.15) is 51.6 Å². The maximum absolute atomic E-state index is 12.9. The Morgan fingerprint density at radius 1 is 0.839 bits per heavy atom. The normalized spacial score (nSPS) is 12.2. The van der Waals surface area contributed by atoms with Gasteiger partial charge in [0, 0.05) is 11.7 Å². The van der Waals surface area contributed by atoms with Crippen LogP contribution in [0.15, 0.2) is 42.5 Å². The number of benzene rings is 2. The molecule has 0 aromatic heterocycles. The third kappa shape index (κ3) is 5.99. The first-order chi connectivity index (χ1) is 14.2. The minimum atomic E-state index is -5.52. The Morgan fingerprint density at radius 3 is 1.81 bits per heavy atom. The highest BCUT2D eigenvalue weighted by atomic mass is 19.4. The number of rotatable bonds is 5. The molecule has 2 aromatic rings. The lowest BCUT2D eigenvalue weighted by Gasteiger charge is -2.24. The molecule has 0 fully saturated rings. The minimum absolute atomic E-state index is 0.00702. The van der Waals surface area contributed by atoms with E-state index in [1.807, 2.05) is 0 Å². The maximum atomic E-state index is 12.9. The van der Waals surface area contributed by atoms with Crippen molar-refractivity contribution in [2.24, 2.45) is 0 Å². The second-order valence-corrected chi connectivity index (χ2v) is 7.22. The zero-order valence-electron chi connectivity index (χ0n) is 16.8. The molecule has 31 heavy (non-hydrogen) atoms. The van der Waals surface area contributed by atoms with Crippen molar-refractivity contribution in [3.05, 3.63) is 64.7 Å². The van der Waals surface area contributed by atoms with Crippen molar-refractivity contribution in [2.45, 2.75) is 45.1 Å². The smallest absolute Gasteiger partial charge is 0.350 e. The Hall–Kier alpha value is -3.04. The third-order valence-electron chi connectivity index (χ3n) is 4.32. The standard InChI is InChI=1S/C21H20F6N2O2/c1-11(2)28-18(30)14-6-4-5-7-15(14)19(31)29-16-9-8-13(10-12(16)3)17(20(22,23)24)21(25,26)27/h4-11,17H,1-3H3,(H,28,30)(H,29,31). The molecule has 2 amide bonds. The highest BCUT2D eigenvalue weighted by Crippen LogP contribution is 2.46. The monoisotopic (exact) mass is 446 g/mol. The van der Waals surface area contributed by atoms with Crippen molar-refractivity contribution in [2.75, 3.05) is 5.32 Å². The summed E-state index contributed by atoms with van der Waals surface area (Å²) in [5, 5.41) is 5.08. The van der Waals surface area contributed by atoms with Crippen LogP contribution in [0.2, 0.25) is 0 Å². The molecule has 2 aromatic carbocycles. The average molecular weight is 446 g/mol. The Morgan fingerprint density at radius 2 is 1.35 bits per heavy atom. The first kappa shape index (κ1) is 24.2. The number of hydrogen-bond acceptors (Lipinski definition) is 2. The van der Waals surface area contributed by atoms with E-state index in [0.717, 1.165) is 12.1 Å². The van der Waals surface area contributed by atoms with Crippen LogP contribution in [0, 0.1) is 6.92 Å². The minimum Gasteiger partial charge on any atom is -0.350 e. The van der Waals surface area contributed by atoms with Crippen molar-refractivity contribution >= 4 is 17.5 Å². The van der Waals surface area contributed by atoms with Gasteiger partial charge in [0.05, 0.1) is 11.1 Å². The highest BCUT2D eigenvalue weighted by Gasteiger charge is 2.57. The molecular formula is C21H20F6N2O2. The number of aryl methyl sites for hydroxylation is 1. The molecule has 0 radical (unpaired) electrons. The van der Waals surface area contributed by atoms with Gasteiger partial charge in [-0.05, 0) is 50.1 Å². The largest absolute Gasteiger partial charge is 0.404 e. The van der Waals surface area contributed by atoms with Gasteiger partial charge in [-0.15, -0.1) is 0 Å². The van der Waals surface area contributed by atoms with E-state index >= 15 is 0 Å². The van der Waals surface area contributed by atoms with Crippen LogP contribution in [0.25, 0.3) is 0 Å². The number of anilines is 1. The molecule has 0 aliphatic carbocycles. The summed E-state index contributed by atoms with van der Waals surface area (Å²) >= 11 is 0. The van der Waals surface area contributed by atoms with Crippen molar-refractivity contribution in [3.63, 3.8) is 0 Å². The molecule has 2 N–H and O–H groups in total. The van der Waals surface area contributed by atoms with E-state index in [-0.39, 0.29) is 28.4 Å². The molecule has 0 unspecified atom stereocenters. The number of carbonyl (C=O) groups excluding carboxylic acids is 2. The average Bonchev–Trinajstić information content (AvgIpc) is 2.61. The van der Waals surface area contributed by atoms with Crippen molar-refractivity contribution in [1.82, 2.24) is 5.32 Å². The van der Waals surface area contributed by atoms with Gasteiger partial charge in [0.25, 0.3) is 11.8 Å². The fourth-order valence-corrected chi connectivity index (χ4v) is 2.98. The molecule has 0 bridgehead atoms. The van der Waals surface area contributed by atoms with Gasteiger partial charge in [-0.3, -0.25) is 9.59 Å². The number of carbonyl (C=O) groups is 2. The van der Waals surface area contributed by atoms with Crippen LogP contribution in [0.4, 0.5) is 32.0 Å². The molecule has 168 valence electrons. The highest BCUT2D eigenvalue weighted by molar-refractivity contribution is 6.12. The zero-order valence-corrected chi connectivity index (χ0v) is 16.8. The van der Waals surface area contributed by atoms with Crippen molar-refractivity contribution in [3.8, 4) is 0 Å². The van der Waals surface area contributed by atoms with E-state index in [0.29, 0.717) is 6.07 Å². The topological polar surface area (TPSA) is 58.2 Å². The number of alkyl halides is 6. The first-order valence-corrected chi connectivity index (χ1v) is 9.17. The van der Waals surface area contributed by atoms with Gasteiger partial charge in [0.15, 0.2) is 5.92 Å². The van der Waals surface area contributed by atoms with E-state index in [1.54, 1.807) is 19.9 Å². The van der Waals surface area contributed by atoms with E-state index in [4.69, 9.17) is 0 Å². The SMILES string of the molecule is Cc1cc(C(C(F)(F)F)C(F)(F)F)ccc1NC(=O)c1ccccc1C(=O)NC(C)C. The molecule has 0 saturated heterocycles. The second kappa shape index (κ2) is 8.99. The summed E-state index contributed by atoms with van der Waals surface area (Å²) in [7, 11) is 0. The van der Waals surface area contributed by atoms with Gasteiger partial charge >= 0.3 is 12.4 Å². The summed E-state index contributed by atoms with van der Waals surface area (Å²) in [5.74, 6) is -4.86. The molecule has 0 heterocycles. The first-order valence-electron chi connectivity index (χ1n) is 9.17. The van der Waals surface area contributed by atoms with Gasteiger partial charge < -0.3 is 10.6 Å². The predicted molar refractivity (Wildman–Crippen MR) is 103 cm³/mol. The second-order valence-electron chi connectivity index (χ2n) is 7.22. The van der Waals surface area contributed by atoms with Crippen LogP contribution < -0.4 is 10.6 Å². The molecule has 0 saturated carbocycles. The number of hydrogen-bond donors (Lipinski definition) is 2. The van der Waals surface area contributed by atoms with Crippen LogP contribution in [-0.4, -0.2) is 30.2 Å². The van der Waals surface area contributed by atoms with Crippen molar-refractivity contribution < 1.29 is 35.9 Å². The Bertz CT molecular complexity index is 953. The number of amides is 2. The number of halogens is 6. The van der Waals surface area contributed by atoms with E-state index in [2.05, 4.69) is 10.6 Å². The summed E-state index contributed by atoms with van der Waals surface area (Å²) in [4.78, 5) is 25.0. The van der Waals surface area contributed by atoms with E-state index in [9.17, 15) is 35.9 Å². The van der Waals surface area contributed by atoms with Crippen molar-refractivity contribution in [1.29, 1.82) is 0 Å². The molecule has 10 heteroatoms. The molecule has 0 atom stereocenters. The summed E-state index contributed by atoms with van der Waals surface area (Å²) in [6, 6.07) is 8.09. The van der Waals surface area contributed by atoms with Crippen LogP contribution >= 0.6 is 0 Å². The predicted octanol–water partition coefficient (Wildman–Crippen LogP) is 5.59. The van der Waals surface area contributed by atoms with Gasteiger partial charge in [0.1, 0.15) is 0 Å². The fraction of sp³-hybridized carbons (Fsp3) is 0.333.